The molecule has 0 bridgehead atoms. The van der Waals surface area contributed by atoms with E-state index < -0.39 is 11.7 Å². The van der Waals surface area contributed by atoms with Gasteiger partial charge in [-0.1, -0.05) is 48.0 Å². The van der Waals surface area contributed by atoms with E-state index in [0.717, 1.165) is 11.1 Å². The highest BCUT2D eigenvalue weighted by Crippen LogP contribution is 2.40. The molecule has 2 heterocycles. The van der Waals surface area contributed by atoms with E-state index in [9.17, 15) is 9.18 Å². The van der Waals surface area contributed by atoms with E-state index in [1.807, 2.05) is 30.3 Å². The van der Waals surface area contributed by atoms with Crippen LogP contribution in [-0.2, 0) is 11.3 Å². The molecule has 0 fully saturated rings. The third-order valence-corrected chi connectivity index (χ3v) is 4.74. The molecule has 1 unspecified atom stereocenters. The first-order valence-corrected chi connectivity index (χ1v) is 8.34. The van der Waals surface area contributed by atoms with Crippen molar-refractivity contribution in [3.8, 4) is 0 Å². The molecule has 25 heavy (non-hydrogen) atoms. The summed E-state index contributed by atoms with van der Waals surface area (Å²) in [7, 11) is 0. The molecule has 0 saturated heterocycles. The minimum Gasteiger partial charge on any atom is -0.311 e. The largest absolute Gasteiger partial charge is 0.311 e. The van der Waals surface area contributed by atoms with Crippen LogP contribution >= 0.6 is 11.6 Å². The quantitative estimate of drug-likeness (QED) is 0.765. The predicted molar refractivity (Wildman–Crippen MR) is 94.3 cm³/mol. The fourth-order valence-electron chi connectivity index (χ4n) is 3.25. The number of hydrogen-bond donors (Lipinski definition) is 1. The summed E-state index contributed by atoms with van der Waals surface area (Å²) >= 11 is 6.21. The average Bonchev–Trinajstić information content (AvgIpc) is 2.98. The Morgan fingerprint density at radius 1 is 1.20 bits per heavy atom. The molecular weight excluding hydrogens is 341 g/mol. The van der Waals surface area contributed by atoms with Crippen LogP contribution < -0.4 is 5.32 Å². The third-order valence-electron chi connectivity index (χ3n) is 4.41. The van der Waals surface area contributed by atoms with Gasteiger partial charge in [-0.2, -0.15) is 5.10 Å². The second-order valence-corrected chi connectivity index (χ2v) is 6.44. The van der Waals surface area contributed by atoms with Gasteiger partial charge in [0.25, 0.3) is 0 Å². The maximum Gasteiger partial charge on any atom is 0.226 e. The van der Waals surface area contributed by atoms with Crippen LogP contribution in [0.2, 0.25) is 5.02 Å². The smallest absolute Gasteiger partial charge is 0.226 e. The van der Waals surface area contributed by atoms with Gasteiger partial charge in [-0.3, -0.25) is 4.79 Å². The number of nitrogens with one attached hydrogen (secondary N) is 1. The van der Waals surface area contributed by atoms with Crippen LogP contribution in [0.15, 0.2) is 54.7 Å². The monoisotopic (exact) mass is 355 g/mol. The van der Waals surface area contributed by atoms with Gasteiger partial charge in [0.15, 0.2) is 0 Å². The summed E-state index contributed by atoms with van der Waals surface area (Å²) < 4.78 is 16.1. The molecule has 1 aromatic heterocycles. The number of carbonyl (C=O) groups excluding carboxylic acids is 1. The molecule has 4 rings (SSSR count). The predicted octanol–water partition coefficient (Wildman–Crippen LogP) is 4.20. The van der Waals surface area contributed by atoms with Gasteiger partial charge in [0.1, 0.15) is 11.6 Å². The van der Waals surface area contributed by atoms with Crippen LogP contribution in [0.5, 0.6) is 0 Å². The molecule has 4 nitrogen and oxygen atoms in total. The van der Waals surface area contributed by atoms with Crippen molar-refractivity contribution in [3.63, 3.8) is 0 Å². The zero-order valence-corrected chi connectivity index (χ0v) is 14.0. The van der Waals surface area contributed by atoms with E-state index in [1.54, 1.807) is 23.0 Å². The first-order chi connectivity index (χ1) is 12.1. The Labute approximate surface area is 149 Å². The van der Waals surface area contributed by atoms with Gasteiger partial charge < -0.3 is 5.32 Å². The lowest BCUT2D eigenvalue weighted by Crippen LogP contribution is -2.25. The van der Waals surface area contributed by atoms with Crippen molar-refractivity contribution in [2.45, 2.75) is 18.9 Å². The number of nitrogens with zero attached hydrogens (tertiary/aromatic N) is 2. The van der Waals surface area contributed by atoms with Crippen LogP contribution in [0, 0.1) is 5.82 Å². The normalized spacial score (nSPS) is 16.4. The number of amides is 1. The summed E-state index contributed by atoms with van der Waals surface area (Å²) in [5.41, 5.74) is 2.19. The molecule has 0 saturated carbocycles. The number of benzene rings is 2. The number of anilines is 1. The number of carbonyl (C=O) groups is 1. The Balaban J connectivity index is 1.77. The maximum absolute atomic E-state index is 14.4. The van der Waals surface area contributed by atoms with Crippen molar-refractivity contribution in [1.29, 1.82) is 0 Å². The maximum atomic E-state index is 14.4. The lowest BCUT2D eigenvalue weighted by atomic mass is 9.87. The first-order valence-electron chi connectivity index (χ1n) is 7.97. The van der Waals surface area contributed by atoms with Crippen molar-refractivity contribution in [2.24, 2.45) is 0 Å². The fourth-order valence-corrected chi connectivity index (χ4v) is 3.54. The lowest BCUT2D eigenvalue weighted by Gasteiger charge is -2.24. The van der Waals surface area contributed by atoms with Gasteiger partial charge in [-0.25, -0.2) is 9.07 Å². The Hall–Kier alpha value is -2.66. The molecular formula is C19H15ClFN3O. The molecule has 3 aromatic rings. The highest BCUT2D eigenvalue weighted by atomic mass is 35.5. The molecule has 126 valence electrons. The van der Waals surface area contributed by atoms with Crippen LogP contribution in [0.25, 0.3) is 0 Å². The molecule has 1 atom stereocenters. The highest BCUT2D eigenvalue weighted by molar-refractivity contribution is 6.31. The fraction of sp³-hybridized carbons (Fsp3) is 0.158. The Kier molecular flexibility index (Phi) is 4.01. The Morgan fingerprint density at radius 3 is 2.76 bits per heavy atom. The molecule has 1 N–H and O–H groups in total. The van der Waals surface area contributed by atoms with E-state index in [4.69, 9.17) is 11.6 Å². The van der Waals surface area contributed by atoms with Crippen LogP contribution in [-0.4, -0.2) is 15.7 Å². The van der Waals surface area contributed by atoms with Gasteiger partial charge in [0.2, 0.25) is 5.91 Å². The molecule has 0 radical (unpaired) electrons. The molecule has 1 aliphatic rings. The highest BCUT2D eigenvalue weighted by Gasteiger charge is 2.32. The Morgan fingerprint density at radius 2 is 2.00 bits per heavy atom. The number of fused-ring (bicyclic) bond motifs is 1. The minimum absolute atomic E-state index is 0.144. The topological polar surface area (TPSA) is 46.9 Å². The number of aromatic nitrogens is 2. The summed E-state index contributed by atoms with van der Waals surface area (Å²) in [6, 6.07) is 14.4. The second-order valence-electron chi connectivity index (χ2n) is 6.03. The van der Waals surface area contributed by atoms with Crippen molar-refractivity contribution < 1.29 is 9.18 Å². The van der Waals surface area contributed by atoms with Gasteiger partial charge in [0, 0.05) is 28.5 Å². The van der Waals surface area contributed by atoms with Crippen molar-refractivity contribution in [1.82, 2.24) is 9.78 Å². The van der Waals surface area contributed by atoms with Gasteiger partial charge in [-0.15, -0.1) is 0 Å². The summed E-state index contributed by atoms with van der Waals surface area (Å²) in [4.78, 5) is 12.2. The average molecular weight is 356 g/mol. The van der Waals surface area contributed by atoms with Gasteiger partial charge >= 0.3 is 0 Å². The van der Waals surface area contributed by atoms with E-state index in [1.165, 1.54) is 6.07 Å². The molecule has 1 amide bonds. The molecule has 1 aliphatic heterocycles. The Bertz CT molecular complexity index is 919. The summed E-state index contributed by atoms with van der Waals surface area (Å²) in [6.45, 7) is 0.522. The molecule has 0 aliphatic carbocycles. The summed E-state index contributed by atoms with van der Waals surface area (Å²) in [5.74, 6) is -0.424. The SMILES string of the molecule is O=C1CC(c2c(F)cccc2Cl)c2cnn(Cc3ccccc3)c2N1. The molecule has 2 aromatic carbocycles. The van der Waals surface area contributed by atoms with E-state index in [0.29, 0.717) is 22.9 Å². The van der Waals surface area contributed by atoms with Gasteiger partial charge in [-0.05, 0) is 17.7 Å². The van der Waals surface area contributed by atoms with E-state index in [-0.39, 0.29) is 12.3 Å². The summed E-state index contributed by atoms with van der Waals surface area (Å²) in [6.07, 6.45) is 1.83. The minimum atomic E-state index is -0.443. The van der Waals surface area contributed by atoms with E-state index in [2.05, 4.69) is 10.4 Å². The van der Waals surface area contributed by atoms with E-state index >= 15 is 0 Å². The zero-order chi connectivity index (χ0) is 17.4. The van der Waals surface area contributed by atoms with Crippen molar-refractivity contribution in [2.75, 3.05) is 5.32 Å². The van der Waals surface area contributed by atoms with Crippen molar-refractivity contribution in [3.05, 3.63) is 82.3 Å². The summed E-state index contributed by atoms with van der Waals surface area (Å²) in [5, 5.41) is 7.58. The van der Waals surface area contributed by atoms with Gasteiger partial charge in [0.05, 0.1) is 12.7 Å². The molecule has 6 heteroatoms. The number of hydrogen-bond acceptors (Lipinski definition) is 2. The first kappa shape index (κ1) is 15.8. The zero-order valence-electron chi connectivity index (χ0n) is 13.2. The number of rotatable bonds is 3. The lowest BCUT2D eigenvalue weighted by molar-refractivity contribution is -0.116. The second kappa shape index (κ2) is 6.33. The van der Waals surface area contributed by atoms with Crippen LogP contribution in [0.3, 0.4) is 0 Å². The third kappa shape index (κ3) is 2.91. The number of halogens is 2. The van der Waals surface area contributed by atoms with Crippen LogP contribution in [0.4, 0.5) is 10.2 Å². The molecule has 0 spiro atoms. The standard InChI is InChI=1S/C19H15ClFN3O/c20-15-7-4-8-16(21)18(15)13-9-17(25)23-19-14(13)10-22-24(19)11-12-5-2-1-3-6-12/h1-8,10,13H,9,11H2,(H,23,25). The van der Waals surface area contributed by atoms with Crippen molar-refractivity contribution >= 4 is 23.3 Å². The van der Waals surface area contributed by atoms with Crippen LogP contribution in [0.1, 0.15) is 29.0 Å².